The van der Waals surface area contributed by atoms with E-state index in [1.54, 1.807) is 29.5 Å². The quantitative estimate of drug-likeness (QED) is 0.768. The highest BCUT2D eigenvalue weighted by Gasteiger charge is 2.06. The molecule has 0 bridgehead atoms. The predicted octanol–water partition coefficient (Wildman–Crippen LogP) is 4.56. The smallest absolute Gasteiger partial charge is 0.150 e. The van der Waals surface area contributed by atoms with Crippen molar-refractivity contribution in [3.8, 4) is 5.75 Å². The molecule has 0 N–H and O–H groups in total. The zero-order valence-corrected chi connectivity index (χ0v) is 11.8. The summed E-state index contributed by atoms with van der Waals surface area (Å²) in [6, 6.07) is 6.94. The number of ether oxygens (including phenoxy) is 1. The van der Waals surface area contributed by atoms with Crippen molar-refractivity contribution < 1.29 is 9.53 Å². The molecule has 0 fully saturated rings. The summed E-state index contributed by atoms with van der Waals surface area (Å²) in [4.78, 5) is 11.7. The SMILES string of the molecule is O=Cc1ccc(OCc2sccc2Br)c(Cl)c1. The second kappa shape index (κ2) is 5.67. The Morgan fingerprint density at radius 3 is 2.82 bits per heavy atom. The minimum atomic E-state index is 0.447. The molecule has 2 rings (SSSR count). The minimum Gasteiger partial charge on any atom is -0.486 e. The van der Waals surface area contributed by atoms with Crippen LogP contribution >= 0.6 is 38.9 Å². The largest absolute Gasteiger partial charge is 0.486 e. The Bertz CT molecular complexity index is 539. The van der Waals surface area contributed by atoms with Gasteiger partial charge in [-0.2, -0.15) is 0 Å². The van der Waals surface area contributed by atoms with Crippen LogP contribution in [0.4, 0.5) is 0 Å². The summed E-state index contributed by atoms with van der Waals surface area (Å²) in [5, 5.41) is 2.43. The van der Waals surface area contributed by atoms with E-state index >= 15 is 0 Å². The monoisotopic (exact) mass is 330 g/mol. The number of aldehydes is 1. The maximum absolute atomic E-state index is 10.6. The number of halogens is 2. The van der Waals surface area contributed by atoms with Gasteiger partial charge in [-0.15, -0.1) is 11.3 Å². The molecule has 2 nitrogen and oxygen atoms in total. The van der Waals surface area contributed by atoms with Crippen LogP contribution in [0.15, 0.2) is 34.1 Å². The summed E-state index contributed by atoms with van der Waals surface area (Å²) in [5.74, 6) is 0.581. The van der Waals surface area contributed by atoms with Crippen molar-refractivity contribution in [3.05, 3.63) is 49.6 Å². The van der Waals surface area contributed by atoms with Crippen LogP contribution in [0.5, 0.6) is 5.75 Å². The molecule has 0 atom stereocenters. The molecule has 0 radical (unpaired) electrons. The fourth-order valence-electron chi connectivity index (χ4n) is 1.28. The highest BCUT2D eigenvalue weighted by molar-refractivity contribution is 9.10. The Morgan fingerprint density at radius 1 is 1.41 bits per heavy atom. The predicted molar refractivity (Wildman–Crippen MR) is 73.2 cm³/mol. The molecule has 0 saturated carbocycles. The van der Waals surface area contributed by atoms with Crippen LogP contribution in [-0.4, -0.2) is 6.29 Å². The fourth-order valence-corrected chi connectivity index (χ4v) is 2.90. The van der Waals surface area contributed by atoms with Crippen LogP contribution in [0, 0.1) is 0 Å². The first-order valence-corrected chi connectivity index (χ1v) is 6.85. The summed E-state index contributed by atoms with van der Waals surface area (Å²) in [7, 11) is 0. The zero-order valence-electron chi connectivity index (χ0n) is 8.65. The highest BCUT2D eigenvalue weighted by Crippen LogP contribution is 2.28. The number of thiophene rings is 1. The summed E-state index contributed by atoms with van der Waals surface area (Å²) in [6.07, 6.45) is 0.755. The highest BCUT2D eigenvalue weighted by atomic mass is 79.9. The molecule has 0 spiro atoms. The topological polar surface area (TPSA) is 26.3 Å². The number of rotatable bonds is 4. The van der Waals surface area contributed by atoms with Crippen molar-refractivity contribution in [2.75, 3.05) is 0 Å². The van der Waals surface area contributed by atoms with E-state index < -0.39 is 0 Å². The van der Waals surface area contributed by atoms with Crippen molar-refractivity contribution in [1.82, 2.24) is 0 Å². The lowest BCUT2D eigenvalue weighted by Gasteiger charge is -2.07. The van der Waals surface area contributed by atoms with Crippen molar-refractivity contribution in [1.29, 1.82) is 0 Å². The second-order valence-electron chi connectivity index (χ2n) is 3.29. The number of benzene rings is 1. The molecule has 0 aliphatic rings. The molecule has 88 valence electrons. The lowest BCUT2D eigenvalue weighted by atomic mass is 10.2. The number of carbonyl (C=O) groups excluding carboxylic acids is 1. The normalized spacial score (nSPS) is 10.2. The lowest BCUT2D eigenvalue weighted by molar-refractivity contribution is 0.112. The molecule has 1 aromatic carbocycles. The van der Waals surface area contributed by atoms with Gasteiger partial charge in [-0.05, 0) is 45.6 Å². The van der Waals surface area contributed by atoms with Crippen LogP contribution in [0.1, 0.15) is 15.2 Å². The van der Waals surface area contributed by atoms with Gasteiger partial charge in [0.1, 0.15) is 18.6 Å². The van der Waals surface area contributed by atoms with Crippen molar-refractivity contribution in [2.45, 2.75) is 6.61 Å². The number of carbonyl (C=O) groups is 1. The standard InChI is InChI=1S/C12H8BrClO2S/c13-9-3-4-17-12(9)7-16-11-2-1-8(6-15)5-10(11)14/h1-6H,7H2. The Morgan fingerprint density at radius 2 is 2.24 bits per heavy atom. The summed E-state index contributed by atoms with van der Waals surface area (Å²) < 4.78 is 6.62. The van der Waals surface area contributed by atoms with E-state index in [2.05, 4.69) is 15.9 Å². The van der Waals surface area contributed by atoms with E-state index in [0.717, 1.165) is 15.6 Å². The maximum Gasteiger partial charge on any atom is 0.150 e. The minimum absolute atomic E-state index is 0.447. The van der Waals surface area contributed by atoms with Crippen LogP contribution in [0.3, 0.4) is 0 Å². The third-order valence-electron chi connectivity index (χ3n) is 2.14. The Kier molecular flexibility index (Phi) is 4.20. The molecule has 1 heterocycles. The average Bonchev–Trinajstić information content (AvgIpc) is 2.73. The van der Waals surface area contributed by atoms with E-state index in [0.29, 0.717) is 22.9 Å². The molecule has 0 amide bonds. The van der Waals surface area contributed by atoms with Gasteiger partial charge in [0.2, 0.25) is 0 Å². The molecule has 5 heteroatoms. The van der Waals surface area contributed by atoms with E-state index in [9.17, 15) is 4.79 Å². The van der Waals surface area contributed by atoms with Gasteiger partial charge in [0.05, 0.1) is 9.90 Å². The van der Waals surface area contributed by atoms with Crippen LogP contribution in [0.2, 0.25) is 5.02 Å². The first kappa shape index (κ1) is 12.6. The van der Waals surface area contributed by atoms with Crippen LogP contribution < -0.4 is 4.74 Å². The summed E-state index contributed by atoms with van der Waals surface area (Å²) in [5.41, 5.74) is 0.541. The molecule has 1 aromatic heterocycles. The molecular formula is C12H8BrClO2S. The first-order valence-electron chi connectivity index (χ1n) is 4.80. The van der Waals surface area contributed by atoms with Crippen LogP contribution in [0.25, 0.3) is 0 Å². The molecule has 0 aliphatic carbocycles. The molecule has 17 heavy (non-hydrogen) atoms. The zero-order chi connectivity index (χ0) is 12.3. The fraction of sp³-hybridized carbons (Fsp3) is 0.0833. The third kappa shape index (κ3) is 3.09. The van der Waals surface area contributed by atoms with Crippen LogP contribution in [-0.2, 0) is 6.61 Å². The van der Waals surface area contributed by atoms with Gasteiger partial charge in [-0.25, -0.2) is 0 Å². The van der Waals surface area contributed by atoms with Gasteiger partial charge in [-0.3, -0.25) is 4.79 Å². The van der Waals surface area contributed by atoms with E-state index in [1.807, 2.05) is 11.4 Å². The van der Waals surface area contributed by atoms with Crippen molar-refractivity contribution in [2.24, 2.45) is 0 Å². The average molecular weight is 332 g/mol. The van der Waals surface area contributed by atoms with E-state index in [-0.39, 0.29) is 0 Å². The molecule has 0 unspecified atom stereocenters. The Hall–Kier alpha value is -0.840. The molecule has 0 saturated heterocycles. The molecule has 2 aromatic rings. The number of hydrogen-bond acceptors (Lipinski definition) is 3. The maximum atomic E-state index is 10.6. The van der Waals surface area contributed by atoms with Gasteiger partial charge < -0.3 is 4.74 Å². The molecular weight excluding hydrogens is 324 g/mol. The van der Waals surface area contributed by atoms with Crippen molar-refractivity contribution >= 4 is 45.2 Å². The van der Waals surface area contributed by atoms with Gasteiger partial charge in [0.15, 0.2) is 0 Å². The van der Waals surface area contributed by atoms with Crippen molar-refractivity contribution in [3.63, 3.8) is 0 Å². The lowest BCUT2D eigenvalue weighted by Crippen LogP contribution is -1.94. The van der Waals surface area contributed by atoms with Gasteiger partial charge in [0.25, 0.3) is 0 Å². The second-order valence-corrected chi connectivity index (χ2v) is 5.55. The van der Waals surface area contributed by atoms with E-state index in [1.165, 1.54) is 0 Å². The Labute approximate surface area is 116 Å². The first-order chi connectivity index (χ1) is 8.20. The van der Waals surface area contributed by atoms with Gasteiger partial charge >= 0.3 is 0 Å². The van der Waals surface area contributed by atoms with E-state index in [4.69, 9.17) is 16.3 Å². The molecule has 0 aliphatic heterocycles. The van der Waals surface area contributed by atoms with Gasteiger partial charge in [-0.1, -0.05) is 11.6 Å². The summed E-state index contributed by atoms with van der Waals surface area (Å²) >= 11 is 11.0. The van der Waals surface area contributed by atoms with Gasteiger partial charge in [0, 0.05) is 10.0 Å². The third-order valence-corrected chi connectivity index (χ3v) is 4.34. The Balaban J connectivity index is 2.09. The summed E-state index contributed by atoms with van der Waals surface area (Å²) in [6.45, 7) is 0.457. The number of hydrogen-bond donors (Lipinski definition) is 0.